The second-order valence-corrected chi connectivity index (χ2v) is 5.09. The number of nitrogens with zero attached hydrogens (tertiary/aromatic N) is 1. The summed E-state index contributed by atoms with van der Waals surface area (Å²) in [6.07, 6.45) is 6.44. The topological polar surface area (TPSA) is 55.2 Å². The van der Waals surface area contributed by atoms with Gasteiger partial charge in [-0.25, -0.2) is 0 Å². The highest BCUT2D eigenvalue weighted by Gasteiger charge is 2.17. The second-order valence-electron chi connectivity index (χ2n) is 5.09. The van der Waals surface area contributed by atoms with E-state index in [0.717, 1.165) is 24.4 Å². The van der Waals surface area contributed by atoms with Gasteiger partial charge in [0.1, 0.15) is 5.69 Å². The van der Waals surface area contributed by atoms with Crippen LogP contribution >= 0.6 is 0 Å². The number of hydrogen-bond donors (Lipinski definition) is 1. The Bertz CT molecular complexity index is 426. The molecule has 0 aliphatic heterocycles. The van der Waals surface area contributed by atoms with Crippen molar-refractivity contribution in [2.24, 2.45) is 5.92 Å². The molecule has 0 radical (unpaired) electrons. The minimum atomic E-state index is -0.315. The van der Waals surface area contributed by atoms with Crippen LogP contribution in [0.15, 0.2) is 18.2 Å². The van der Waals surface area contributed by atoms with E-state index in [0.29, 0.717) is 5.69 Å². The fourth-order valence-corrected chi connectivity index (χ4v) is 2.73. The number of anilines is 1. The standard InChI is InChI=1S/C14H20N2O2/c1-11-5-4-8-13(16(17)18)14(11)15-10-9-12-6-2-3-7-12/h4-5,8,12,15H,2-3,6-7,9-10H2,1H3. The average molecular weight is 248 g/mol. The van der Waals surface area contributed by atoms with Crippen LogP contribution < -0.4 is 5.32 Å². The van der Waals surface area contributed by atoms with E-state index in [4.69, 9.17) is 0 Å². The van der Waals surface area contributed by atoms with Crippen molar-refractivity contribution in [3.05, 3.63) is 33.9 Å². The molecule has 4 heteroatoms. The highest BCUT2D eigenvalue weighted by Crippen LogP contribution is 2.30. The number of nitro benzene ring substituents is 1. The summed E-state index contributed by atoms with van der Waals surface area (Å²) in [6, 6.07) is 5.20. The molecule has 0 amide bonds. The van der Waals surface area contributed by atoms with Gasteiger partial charge in [0.2, 0.25) is 0 Å². The molecule has 1 aromatic rings. The summed E-state index contributed by atoms with van der Waals surface area (Å²) in [5.41, 5.74) is 1.80. The van der Waals surface area contributed by atoms with Gasteiger partial charge in [0.05, 0.1) is 4.92 Å². The lowest BCUT2D eigenvalue weighted by molar-refractivity contribution is -0.384. The first-order valence-corrected chi connectivity index (χ1v) is 6.66. The van der Waals surface area contributed by atoms with E-state index in [9.17, 15) is 10.1 Å². The van der Waals surface area contributed by atoms with Crippen molar-refractivity contribution in [3.8, 4) is 0 Å². The number of aryl methyl sites for hydroxylation is 1. The summed E-state index contributed by atoms with van der Waals surface area (Å²) >= 11 is 0. The van der Waals surface area contributed by atoms with E-state index >= 15 is 0 Å². The highest BCUT2D eigenvalue weighted by atomic mass is 16.6. The molecule has 0 aromatic heterocycles. The first kappa shape index (κ1) is 12.9. The Morgan fingerprint density at radius 1 is 1.39 bits per heavy atom. The molecule has 0 saturated heterocycles. The summed E-state index contributed by atoms with van der Waals surface area (Å²) in [4.78, 5) is 10.6. The predicted molar refractivity (Wildman–Crippen MR) is 72.9 cm³/mol. The van der Waals surface area contributed by atoms with Gasteiger partial charge in [0.25, 0.3) is 5.69 Å². The van der Waals surface area contributed by atoms with Crippen LogP contribution in [0.25, 0.3) is 0 Å². The largest absolute Gasteiger partial charge is 0.379 e. The molecule has 1 saturated carbocycles. The Labute approximate surface area is 108 Å². The molecule has 4 nitrogen and oxygen atoms in total. The fraction of sp³-hybridized carbons (Fsp3) is 0.571. The molecule has 0 bridgehead atoms. The van der Waals surface area contributed by atoms with Gasteiger partial charge >= 0.3 is 0 Å². The number of nitrogens with one attached hydrogen (secondary N) is 1. The molecule has 0 spiro atoms. The van der Waals surface area contributed by atoms with Gasteiger partial charge in [-0.3, -0.25) is 10.1 Å². The van der Waals surface area contributed by atoms with Gasteiger partial charge in [-0.15, -0.1) is 0 Å². The number of nitro groups is 1. The van der Waals surface area contributed by atoms with E-state index in [1.165, 1.54) is 25.7 Å². The first-order chi connectivity index (χ1) is 8.68. The fourth-order valence-electron chi connectivity index (χ4n) is 2.73. The molecule has 1 aliphatic rings. The summed E-state index contributed by atoms with van der Waals surface area (Å²) < 4.78 is 0. The molecule has 1 fully saturated rings. The van der Waals surface area contributed by atoms with Crippen LogP contribution in [0.2, 0.25) is 0 Å². The number of para-hydroxylation sites is 1. The maximum Gasteiger partial charge on any atom is 0.292 e. The zero-order valence-corrected chi connectivity index (χ0v) is 10.8. The van der Waals surface area contributed by atoms with Crippen LogP contribution in [0, 0.1) is 23.0 Å². The Morgan fingerprint density at radius 3 is 2.78 bits per heavy atom. The number of benzene rings is 1. The third-order valence-electron chi connectivity index (χ3n) is 3.78. The van der Waals surface area contributed by atoms with Crippen molar-refractivity contribution in [2.45, 2.75) is 39.0 Å². The Morgan fingerprint density at radius 2 is 2.11 bits per heavy atom. The maximum atomic E-state index is 11.0. The molecule has 1 aromatic carbocycles. The van der Waals surface area contributed by atoms with Crippen LogP contribution in [-0.4, -0.2) is 11.5 Å². The van der Waals surface area contributed by atoms with Gasteiger partial charge < -0.3 is 5.32 Å². The van der Waals surface area contributed by atoms with Gasteiger partial charge in [-0.05, 0) is 24.8 Å². The lowest BCUT2D eigenvalue weighted by Gasteiger charge is -2.12. The first-order valence-electron chi connectivity index (χ1n) is 6.66. The Hall–Kier alpha value is -1.58. The van der Waals surface area contributed by atoms with Crippen LogP contribution in [-0.2, 0) is 0 Å². The summed E-state index contributed by atoms with van der Waals surface area (Å²) in [5.74, 6) is 0.806. The zero-order chi connectivity index (χ0) is 13.0. The van der Waals surface area contributed by atoms with Crippen LogP contribution in [0.3, 0.4) is 0 Å². The molecule has 18 heavy (non-hydrogen) atoms. The monoisotopic (exact) mass is 248 g/mol. The van der Waals surface area contributed by atoms with E-state index in [1.54, 1.807) is 12.1 Å². The third-order valence-corrected chi connectivity index (χ3v) is 3.78. The van der Waals surface area contributed by atoms with Crippen molar-refractivity contribution in [1.82, 2.24) is 0 Å². The molecule has 0 atom stereocenters. The van der Waals surface area contributed by atoms with E-state index in [2.05, 4.69) is 5.32 Å². The molecule has 2 rings (SSSR count). The van der Waals surface area contributed by atoms with Crippen molar-refractivity contribution in [3.63, 3.8) is 0 Å². The smallest absolute Gasteiger partial charge is 0.292 e. The molecular formula is C14H20N2O2. The minimum Gasteiger partial charge on any atom is -0.379 e. The Kier molecular flexibility index (Phi) is 4.18. The van der Waals surface area contributed by atoms with Crippen LogP contribution in [0.1, 0.15) is 37.7 Å². The third kappa shape index (κ3) is 3.00. The molecular weight excluding hydrogens is 228 g/mol. The average Bonchev–Trinajstić information content (AvgIpc) is 2.84. The van der Waals surface area contributed by atoms with Gasteiger partial charge in [-0.2, -0.15) is 0 Å². The number of rotatable bonds is 5. The Balaban J connectivity index is 1.97. The summed E-state index contributed by atoms with van der Waals surface area (Å²) in [7, 11) is 0. The normalized spacial score (nSPS) is 15.8. The van der Waals surface area contributed by atoms with Crippen molar-refractivity contribution in [1.29, 1.82) is 0 Å². The molecule has 1 N–H and O–H groups in total. The lowest BCUT2D eigenvalue weighted by atomic mass is 10.0. The van der Waals surface area contributed by atoms with Crippen LogP contribution in [0.5, 0.6) is 0 Å². The molecule has 1 aliphatic carbocycles. The number of hydrogen-bond acceptors (Lipinski definition) is 3. The maximum absolute atomic E-state index is 11.0. The second kappa shape index (κ2) is 5.85. The highest BCUT2D eigenvalue weighted by molar-refractivity contribution is 5.65. The zero-order valence-electron chi connectivity index (χ0n) is 10.8. The van der Waals surface area contributed by atoms with E-state index in [-0.39, 0.29) is 10.6 Å². The molecule has 0 unspecified atom stereocenters. The van der Waals surface area contributed by atoms with Gasteiger partial charge in [0, 0.05) is 12.6 Å². The summed E-state index contributed by atoms with van der Waals surface area (Å²) in [6.45, 7) is 2.74. The van der Waals surface area contributed by atoms with Gasteiger partial charge in [-0.1, -0.05) is 37.8 Å². The van der Waals surface area contributed by atoms with E-state index in [1.807, 2.05) is 13.0 Å². The predicted octanol–water partition coefficient (Wildman–Crippen LogP) is 3.90. The molecule has 0 heterocycles. The lowest BCUT2D eigenvalue weighted by Crippen LogP contribution is -2.09. The summed E-state index contributed by atoms with van der Waals surface area (Å²) in [5, 5.41) is 14.2. The van der Waals surface area contributed by atoms with Crippen LogP contribution in [0.4, 0.5) is 11.4 Å². The van der Waals surface area contributed by atoms with Crippen molar-refractivity contribution in [2.75, 3.05) is 11.9 Å². The van der Waals surface area contributed by atoms with Crippen molar-refractivity contribution < 1.29 is 4.92 Å². The van der Waals surface area contributed by atoms with Gasteiger partial charge in [0.15, 0.2) is 0 Å². The van der Waals surface area contributed by atoms with E-state index < -0.39 is 0 Å². The quantitative estimate of drug-likeness (QED) is 0.635. The van der Waals surface area contributed by atoms with Crippen molar-refractivity contribution >= 4 is 11.4 Å². The minimum absolute atomic E-state index is 0.182. The SMILES string of the molecule is Cc1cccc([N+](=O)[O-])c1NCCC1CCCC1. The molecule has 98 valence electrons.